The SMILES string of the molecule is COc1ccc([C@@H]2CCCN2CC(=O)N2[C@@H](C)CCC[C@@H]2C)c(OC)c1. The summed E-state index contributed by atoms with van der Waals surface area (Å²) in [6.07, 6.45) is 5.62. The van der Waals surface area contributed by atoms with Gasteiger partial charge in [0.2, 0.25) is 5.91 Å². The zero-order valence-corrected chi connectivity index (χ0v) is 16.5. The largest absolute Gasteiger partial charge is 0.497 e. The van der Waals surface area contributed by atoms with Crippen molar-refractivity contribution in [1.82, 2.24) is 9.80 Å². The highest BCUT2D eigenvalue weighted by Crippen LogP contribution is 2.38. The smallest absolute Gasteiger partial charge is 0.237 e. The molecule has 5 nitrogen and oxygen atoms in total. The lowest BCUT2D eigenvalue weighted by Gasteiger charge is -2.40. The molecular weight excluding hydrogens is 328 g/mol. The van der Waals surface area contributed by atoms with Crippen LogP contribution in [0.3, 0.4) is 0 Å². The molecular formula is C21H32N2O3. The predicted molar refractivity (Wildman–Crippen MR) is 103 cm³/mol. The molecule has 2 aliphatic heterocycles. The molecule has 0 unspecified atom stereocenters. The summed E-state index contributed by atoms with van der Waals surface area (Å²) in [5.74, 6) is 1.90. The van der Waals surface area contributed by atoms with Crippen molar-refractivity contribution in [3.63, 3.8) is 0 Å². The number of likely N-dealkylation sites (tertiary alicyclic amines) is 2. The number of piperidine rings is 1. The third-order valence-electron chi connectivity index (χ3n) is 5.98. The van der Waals surface area contributed by atoms with Crippen LogP contribution in [0.2, 0.25) is 0 Å². The number of ether oxygens (including phenoxy) is 2. The maximum Gasteiger partial charge on any atom is 0.237 e. The van der Waals surface area contributed by atoms with Gasteiger partial charge in [0, 0.05) is 29.8 Å². The van der Waals surface area contributed by atoms with Gasteiger partial charge in [-0.3, -0.25) is 9.69 Å². The number of carbonyl (C=O) groups excluding carboxylic acids is 1. The van der Waals surface area contributed by atoms with Gasteiger partial charge in [0.05, 0.1) is 20.8 Å². The van der Waals surface area contributed by atoms with E-state index in [1.807, 2.05) is 12.1 Å². The minimum absolute atomic E-state index is 0.232. The Bertz CT molecular complexity index is 624. The van der Waals surface area contributed by atoms with Gasteiger partial charge in [-0.25, -0.2) is 0 Å². The van der Waals surface area contributed by atoms with Crippen molar-refractivity contribution in [2.45, 2.75) is 64.1 Å². The Morgan fingerprint density at radius 3 is 2.46 bits per heavy atom. The van der Waals surface area contributed by atoms with E-state index in [0.29, 0.717) is 18.6 Å². The van der Waals surface area contributed by atoms with Crippen LogP contribution in [0.1, 0.15) is 57.6 Å². The lowest BCUT2D eigenvalue weighted by molar-refractivity contribution is -0.138. The van der Waals surface area contributed by atoms with Crippen LogP contribution in [0, 0.1) is 0 Å². The highest BCUT2D eigenvalue weighted by atomic mass is 16.5. The van der Waals surface area contributed by atoms with Crippen molar-refractivity contribution < 1.29 is 14.3 Å². The van der Waals surface area contributed by atoms with E-state index < -0.39 is 0 Å². The Hall–Kier alpha value is -1.75. The summed E-state index contributed by atoms with van der Waals surface area (Å²) < 4.78 is 10.9. The second kappa shape index (κ2) is 8.30. The molecule has 5 heteroatoms. The molecule has 0 bridgehead atoms. The number of methoxy groups -OCH3 is 2. The first-order valence-corrected chi connectivity index (χ1v) is 9.82. The number of benzene rings is 1. The van der Waals surface area contributed by atoms with Crippen molar-refractivity contribution in [2.75, 3.05) is 27.3 Å². The molecule has 2 fully saturated rings. The molecule has 0 aliphatic carbocycles. The van der Waals surface area contributed by atoms with Crippen LogP contribution in [-0.4, -0.2) is 55.1 Å². The zero-order valence-electron chi connectivity index (χ0n) is 16.5. The first-order chi connectivity index (χ1) is 12.5. The minimum atomic E-state index is 0.232. The van der Waals surface area contributed by atoms with E-state index in [0.717, 1.165) is 49.3 Å². The van der Waals surface area contributed by atoms with Gasteiger partial charge in [-0.15, -0.1) is 0 Å². The molecule has 3 atom stereocenters. The molecule has 0 radical (unpaired) electrons. The Labute approximate surface area is 157 Å². The molecule has 2 aliphatic rings. The Kier molecular flexibility index (Phi) is 6.07. The first kappa shape index (κ1) is 19.0. The van der Waals surface area contributed by atoms with Gasteiger partial charge in [0.1, 0.15) is 11.5 Å². The fraction of sp³-hybridized carbons (Fsp3) is 0.667. The monoisotopic (exact) mass is 360 g/mol. The third-order valence-corrected chi connectivity index (χ3v) is 5.98. The minimum Gasteiger partial charge on any atom is -0.497 e. The standard InChI is InChI=1S/C21H32N2O3/c1-15-7-5-8-16(2)23(15)21(24)14-22-12-6-9-19(22)18-11-10-17(25-3)13-20(18)26-4/h10-11,13,15-16,19H,5-9,12,14H2,1-4H3/t15-,16-,19-/m0/s1. The summed E-state index contributed by atoms with van der Waals surface area (Å²) in [6.45, 7) is 5.82. The van der Waals surface area contributed by atoms with Gasteiger partial charge in [0.15, 0.2) is 0 Å². The number of hydrogen-bond donors (Lipinski definition) is 0. The van der Waals surface area contributed by atoms with E-state index in [-0.39, 0.29) is 11.9 Å². The summed E-state index contributed by atoms with van der Waals surface area (Å²) in [6, 6.07) is 6.92. The zero-order chi connectivity index (χ0) is 18.7. The molecule has 144 valence electrons. The van der Waals surface area contributed by atoms with Crippen molar-refractivity contribution in [3.8, 4) is 11.5 Å². The fourth-order valence-corrected chi connectivity index (χ4v) is 4.63. The predicted octanol–water partition coefficient (Wildman–Crippen LogP) is 3.63. The van der Waals surface area contributed by atoms with Crippen LogP contribution in [0.4, 0.5) is 0 Å². The summed E-state index contributed by atoms with van der Waals surface area (Å²) in [7, 11) is 3.36. The lowest BCUT2D eigenvalue weighted by atomic mass is 9.97. The number of carbonyl (C=O) groups is 1. The second-order valence-electron chi connectivity index (χ2n) is 7.67. The van der Waals surface area contributed by atoms with E-state index in [2.05, 4.69) is 29.7 Å². The average molecular weight is 360 g/mol. The van der Waals surface area contributed by atoms with Gasteiger partial charge in [-0.1, -0.05) is 6.07 Å². The van der Waals surface area contributed by atoms with E-state index >= 15 is 0 Å². The molecule has 1 aromatic rings. The average Bonchev–Trinajstić information content (AvgIpc) is 3.08. The van der Waals surface area contributed by atoms with Crippen molar-refractivity contribution in [2.24, 2.45) is 0 Å². The third kappa shape index (κ3) is 3.83. The number of rotatable bonds is 5. The van der Waals surface area contributed by atoms with Gasteiger partial charge in [-0.2, -0.15) is 0 Å². The van der Waals surface area contributed by atoms with Crippen molar-refractivity contribution >= 4 is 5.91 Å². The number of nitrogens with zero attached hydrogens (tertiary/aromatic N) is 2. The van der Waals surface area contributed by atoms with Crippen LogP contribution >= 0.6 is 0 Å². The van der Waals surface area contributed by atoms with Crippen LogP contribution in [0.15, 0.2) is 18.2 Å². The molecule has 0 saturated carbocycles. The maximum absolute atomic E-state index is 13.0. The molecule has 1 aromatic carbocycles. The summed E-state index contributed by atoms with van der Waals surface area (Å²) in [5, 5.41) is 0. The molecule has 0 aromatic heterocycles. The highest BCUT2D eigenvalue weighted by Gasteiger charge is 2.34. The van der Waals surface area contributed by atoms with Crippen molar-refractivity contribution in [1.29, 1.82) is 0 Å². The summed E-state index contributed by atoms with van der Waals surface area (Å²) in [4.78, 5) is 17.5. The molecule has 3 rings (SSSR count). The summed E-state index contributed by atoms with van der Waals surface area (Å²) >= 11 is 0. The maximum atomic E-state index is 13.0. The Morgan fingerprint density at radius 2 is 1.81 bits per heavy atom. The Morgan fingerprint density at radius 1 is 1.08 bits per heavy atom. The summed E-state index contributed by atoms with van der Waals surface area (Å²) in [5.41, 5.74) is 1.15. The van der Waals surface area contributed by atoms with Crippen LogP contribution < -0.4 is 9.47 Å². The topological polar surface area (TPSA) is 42.0 Å². The molecule has 2 heterocycles. The van der Waals surface area contributed by atoms with E-state index in [9.17, 15) is 4.79 Å². The molecule has 2 saturated heterocycles. The lowest BCUT2D eigenvalue weighted by Crippen LogP contribution is -2.51. The van der Waals surface area contributed by atoms with Gasteiger partial charge >= 0.3 is 0 Å². The second-order valence-corrected chi connectivity index (χ2v) is 7.67. The van der Waals surface area contributed by atoms with Gasteiger partial charge < -0.3 is 14.4 Å². The van der Waals surface area contributed by atoms with Gasteiger partial charge in [-0.05, 0) is 58.6 Å². The normalized spacial score (nSPS) is 26.8. The number of hydrogen-bond acceptors (Lipinski definition) is 4. The molecule has 0 N–H and O–H groups in total. The fourth-order valence-electron chi connectivity index (χ4n) is 4.63. The van der Waals surface area contributed by atoms with Crippen LogP contribution in [0.5, 0.6) is 11.5 Å². The quantitative estimate of drug-likeness (QED) is 0.804. The van der Waals surface area contributed by atoms with E-state index in [1.54, 1.807) is 14.2 Å². The van der Waals surface area contributed by atoms with E-state index in [1.165, 1.54) is 6.42 Å². The molecule has 1 amide bonds. The Balaban J connectivity index is 1.75. The number of amides is 1. The first-order valence-electron chi connectivity index (χ1n) is 9.82. The highest BCUT2D eigenvalue weighted by molar-refractivity contribution is 5.79. The molecule has 26 heavy (non-hydrogen) atoms. The van der Waals surface area contributed by atoms with Gasteiger partial charge in [0.25, 0.3) is 0 Å². The van der Waals surface area contributed by atoms with Crippen molar-refractivity contribution in [3.05, 3.63) is 23.8 Å². The van der Waals surface area contributed by atoms with Crippen LogP contribution in [0.25, 0.3) is 0 Å². The van der Waals surface area contributed by atoms with E-state index in [4.69, 9.17) is 9.47 Å². The molecule has 0 spiro atoms. The van der Waals surface area contributed by atoms with Crippen LogP contribution in [-0.2, 0) is 4.79 Å².